The Bertz CT molecular complexity index is 2680. The van der Waals surface area contributed by atoms with Crippen LogP contribution in [-0.2, 0) is 13.2 Å². The maximum Gasteiger partial charge on any atom is 0.128 e. The quantitative estimate of drug-likeness (QED) is 0.115. The van der Waals surface area contributed by atoms with E-state index in [0.717, 1.165) is 88.0 Å². The van der Waals surface area contributed by atoms with Gasteiger partial charge in [0.15, 0.2) is 0 Å². The van der Waals surface area contributed by atoms with Crippen molar-refractivity contribution in [3.63, 3.8) is 0 Å². The van der Waals surface area contributed by atoms with E-state index in [1.165, 1.54) is 0 Å². The minimum Gasteiger partial charge on any atom is -0.491 e. The van der Waals surface area contributed by atoms with Gasteiger partial charge in [0, 0.05) is 22.3 Å². The van der Waals surface area contributed by atoms with E-state index in [9.17, 15) is 10.2 Å². The predicted octanol–water partition coefficient (Wildman–Crippen LogP) is 11.5. The summed E-state index contributed by atoms with van der Waals surface area (Å²) >= 11 is 0. The molecule has 0 aromatic heterocycles. The molecule has 0 unspecified atom stereocenters. The number of benzene rings is 9. The highest BCUT2D eigenvalue weighted by Gasteiger charge is 2.21. The zero-order valence-corrected chi connectivity index (χ0v) is 31.9. The van der Waals surface area contributed by atoms with Crippen LogP contribution in [0, 0.1) is 0 Å². The Morgan fingerprint density at radius 2 is 0.569 bits per heavy atom. The molecule has 58 heavy (non-hydrogen) atoms. The van der Waals surface area contributed by atoms with Crippen molar-refractivity contribution >= 4 is 43.1 Å². The zero-order chi connectivity index (χ0) is 39.3. The summed E-state index contributed by atoms with van der Waals surface area (Å²) in [4.78, 5) is 0. The highest BCUT2D eigenvalue weighted by atomic mass is 16.5. The fourth-order valence-electron chi connectivity index (χ4n) is 7.88. The van der Waals surface area contributed by atoms with Gasteiger partial charge in [-0.25, -0.2) is 0 Å². The summed E-state index contributed by atoms with van der Waals surface area (Å²) in [5, 5.41) is 27.9. The number of rotatable bonds is 14. The van der Waals surface area contributed by atoms with E-state index in [4.69, 9.17) is 18.9 Å². The van der Waals surface area contributed by atoms with Crippen LogP contribution in [0.5, 0.6) is 23.0 Å². The van der Waals surface area contributed by atoms with Crippen molar-refractivity contribution < 1.29 is 29.2 Å². The third-order valence-electron chi connectivity index (χ3n) is 10.6. The van der Waals surface area contributed by atoms with Crippen molar-refractivity contribution in [1.29, 1.82) is 0 Å². The van der Waals surface area contributed by atoms with Crippen LogP contribution in [0.3, 0.4) is 0 Å². The molecule has 6 heteroatoms. The standard InChI is InChI=1S/C52H42O6/c53-29-31-55-45-25-21-37-9-1-5-13-41(37)49(45)51-43-15-7-3-11-39(43)23-27-47(51)57-33-35-17-19-36(20-18-35)34-58-48-28-24-40-12-4-8-16-44(40)52(48)50-42-14-6-2-10-38(42)22-26-46(50)56-32-30-54/h1-28,53-54H,29-34H2. The largest absolute Gasteiger partial charge is 0.491 e. The molecule has 0 aliphatic carbocycles. The first-order valence-corrected chi connectivity index (χ1v) is 19.6. The molecule has 0 amide bonds. The van der Waals surface area contributed by atoms with E-state index in [1.807, 2.05) is 72.8 Å². The van der Waals surface area contributed by atoms with Gasteiger partial charge >= 0.3 is 0 Å². The summed E-state index contributed by atoms with van der Waals surface area (Å²) in [6.45, 7) is 0.928. The van der Waals surface area contributed by atoms with E-state index in [-0.39, 0.29) is 26.4 Å². The molecule has 0 spiro atoms. The van der Waals surface area contributed by atoms with Crippen molar-refractivity contribution in [2.24, 2.45) is 0 Å². The Morgan fingerprint density at radius 1 is 0.293 bits per heavy atom. The summed E-state index contributed by atoms with van der Waals surface area (Å²) in [6, 6.07) is 57.8. The van der Waals surface area contributed by atoms with Gasteiger partial charge in [0.25, 0.3) is 0 Å². The lowest BCUT2D eigenvalue weighted by Gasteiger charge is -2.20. The van der Waals surface area contributed by atoms with Gasteiger partial charge in [0.1, 0.15) is 49.4 Å². The Hall–Kier alpha value is -6.86. The Labute approximate surface area is 337 Å². The third kappa shape index (κ3) is 7.27. The molecule has 0 radical (unpaired) electrons. The number of hydrogen-bond donors (Lipinski definition) is 2. The topological polar surface area (TPSA) is 77.4 Å². The van der Waals surface area contributed by atoms with Gasteiger partial charge in [-0.05, 0) is 78.5 Å². The number of hydrogen-bond acceptors (Lipinski definition) is 6. The fraction of sp³-hybridized carbons (Fsp3) is 0.115. The number of ether oxygens (including phenoxy) is 4. The average Bonchev–Trinajstić information content (AvgIpc) is 3.28. The van der Waals surface area contributed by atoms with Gasteiger partial charge in [-0.1, -0.05) is 146 Å². The second-order valence-electron chi connectivity index (χ2n) is 14.2. The first kappa shape index (κ1) is 36.8. The lowest BCUT2D eigenvalue weighted by molar-refractivity contribution is 0.202. The normalized spacial score (nSPS) is 11.3. The Morgan fingerprint density at radius 3 is 0.862 bits per heavy atom. The summed E-state index contributed by atoms with van der Waals surface area (Å²) in [6.07, 6.45) is 0. The van der Waals surface area contributed by atoms with Crippen LogP contribution in [0.25, 0.3) is 65.3 Å². The highest BCUT2D eigenvalue weighted by Crippen LogP contribution is 2.47. The molecule has 0 saturated heterocycles. The van der Waals surface area contributed by atoms with Crippen molar-refractivity contribution in [2.45, 2.75) is 13.2 Å². The van der Waals surface area contributed by atoms with Crippen molar-refractivity contribution in [2.75, 3.05) is 26.4 Å². The summed E-state index contributed by atoms with van der Waals surface area (Å²) in [5.74, 6) is 2.89. The molecule has 0 atom stereocenters. The van der Waals surface area contributed by atoms with E-state index >= 15 is 0 Å². The second kappa shape index (κ2) is 16.7. The molecule has 0 aliphatic heterocycles. The van der Waals surface area contributed by atoms with Crippen LogP contribution in [0.15, 0.2) is 170 Å². The monoisotopic (exact) mass is 762 g/mol. The van der Waals surface area contributed by atoms with Gasteiger partial charge in [-0.3, -0.25) is 0 Å². The molecule has 6 nitrogen and oxygen atoms in total. The minimum atomic E-state index is -0.0822. The van der Waals surface area contributed by atoms with Crippen LogP contribution >= 0.6 is 0 Å². The minimum absolute atomic E-state index is 0.0822. The van der Waals surface area contributed by atoms with Crippen LogP contribution in [-0.4, -0.2) is 36.6 Å². The van der Waals surface area contributed by atoms with Crippen molar-refractivity contribution in [3.05, 3.63) is 181 Å². The molecule has 0 heterocycles. The van der Waals surface area contributed by atoms with E-state index in [1.54, 1.807) is 0 Å². The molecule has 2 N–H and O–H groups in total. The lowest BCUT2D eigenvalue weighted by atomic mass is 9.92. The van der Waals surface area contributed by atoms with E-state index in [0.29, 0.717) is 24.7 Å². The molecular weight excluding hydrogens is 721 g/mol. The first-order valence-electron chi connectivity index (χ1n) is 19.6. The summed E-state index contributed by atoms with van der Waals surface area (Å²) < 4.78 is 25.6. The first-order chi connectivity index (χ1) is 28.7. The average molecular weight is 763 g/mol. The third-order valence-corrected chi connectivity index (χ3v) is 10.6. The van der Waals surface area contributed by atoms with Gasteiger partial charge in [0.05, 0.1) is 13.2 Å². The maximum atomic E-state index is 9.65. The van der Waals surface area contributed by atoms with Crippen molar-refractivity contribution in [3.8, 4) is 45.3 Å². The molecule has 9 aromatic rings. The lowest BCUT2D eigenvalue weighted by Crippen LogP contribution is -2.04. The zero-order valence-electron chi connectivity index (χ0n) is 31.9. The van der Waals surface area contributed by atoms with Crippen LogP contribution in [0.2, 0.25) is 0 Å². The predicted molar refractivity (Wildman–Crippen MR) is 234 cm³/mol. The number of fused-ring (bicyclic) bond motifs is 4. The molecule has 0 fully saturated rings. The van der Waals surface area contributed by atoms with Crippen LogP contribution < -0.4 is 18.9 Å². The SMILES string of the molecule is OCCOc1ccc2ccccc2c1-c1c(OCc2ccc(COc3ccc4ccccc4c3-c3c(OCCO)ccc4ccccc34)cc2)ccc2ccccc12. The summed E-state index contributed by atoms with van der Waals surface area (Å²) in [5.41, 5.74) is 5.82. The molecule has 0 aliphatic rings. The summed E-state index contributed by atoms with van der Waals surface area (Å²) in [7, 11) is 0. The van der Waals surface area contributed by atoms with Gasteiger partial charge in [-0.2, -0.15) is 0 Å². The second-order valence-corrected chi connectivity index (χ2v) is 14.2. The van der Waals surface area contributed by atoms with Crippen molar-refractivity contribution in [1.82, 2.24) is 0 Å². The fourth-order valence-corrected chi connectivity index (χ4v) is 7.88. The van der Waals surface area contributed by atoms with E-state index in [2.05, 4.69) is 97.1 Å². The number of aliphatic hydroxyl groups excluding tert-OH is 2. The maximum absolute atomic E-state index is 9.65. The molecule has 286 valence electrons. The molecule has 0 saturated carbocycles. The molecule has 9 aromatic carbocycles. The Balaban J connectivity index is 1.01. The van der Waals surface area contributed by atoms with Gasteiger partial charge < -0.3 is 29.2 Å². The van der Waals surface area contributed by atoms with Crippen LogP contribution in [0.1, 0.15) is 11.1 Å². The smallest absolute Gasteiger partial charge is 0.128 e. The molecule has 9 rings (SSSR count). The highest BCUT2D eigenvalue weighted by molar-refractivity contribution is 6.11. The molecule has 0 bridgehead atoms. The Kier molecular flexibility index (Phi) is 10.6. The molecular formula is C52H42O6. The van der Waals surface area contributed by atoms with Crippen LogP contribution in [0.4, 0.5) is 0 Å². The van der Waals surface area contributed by atoms with E-state index < -0.39 is 0 Å². The van der Waals surface area contributed by atoms with Gasteiger partial charge in [0.2, 0.25) is 0 Å². The van der Waals surface area contributed by atoms with Gasteiger partial charge in [-0.15, -0.1) is 0 Å². The number of aliphatic hydroxyl groups is 2.